The van der Waals surface area contributed by atoms with Crippen LogP contribution in [0.4, 0.5) is 34.1 Å². The predicted molar refractivity (Wildman–Crippen MR) is 516 cm³/mol. The average Bonchev–Trinajstić information content (AvgIpc) is 1.55. The second-order valence-electron chi connectivity index (χ2n) is 35.1. The Morgan fingerprint density at radius 2 is 0.537 bits per heavy atom. The molecule has 4 nitrogen and oxygen atoms in total. The molecule has 3 aromatic heterocycles. The third-order valence-corrected chi connectivity index (χ3v) is 25.9. The van der Waals surface area contributed by atoms with Crippen LogP contribution in [0.2, 0.25) is 0 Å². The molecule has 0 N–H and O–H groups in total. The fraction of sp³-hybridized carbons (Fsp3) is 0.0690. The summed E-state index contributed by atoms with van der Waals surface area (Å²) in [6.07, 6.45) is 0. The molecule has 23 rings (SSSR count). The van der Waals surface area contributed by atoms with Crippen LogP contribution < -0.4 is 26.2 Å². The Morgan fingerprint density at radius 3 is 0.909 bits per heavy atom. The minimum Gasteiger partial charge on any atom is -0.309 e. The predicted octanol–water partition coefficient (Wildman–Crippen LogP) is 29.6. The van der Waals surface area contributed by atoms with Gasteiger partial charge in [0, 0.05) is 71.6 Å². The maximum absolute atomic E-state index is 2.84. The Kier molecular flexibility index (Phi) is 16.5. The standard InChI is InChI=1S/C116H85BN4/c1-115(2,3)88-69-95(84-48-30-44-79(64-84)74-34-12-7-13-35-74)110(96(70-88)85-49-31-45-80(65-85)75-36-14-8-15-37-75)120-105-63-60-83(78-42-20-11-21-43-78)68-100(105)117-99-62-61-90(118-101-56-26-22-52-91(101)92-53-23-27-57-102(92)118)73-106(99)121(114-108-94-55-25-29-59-104(94)119-103-58-28-24-54-93(103)107(112(108)119)113(120)109(114)117)111-97(86-50-32-46-81(66-86)76-38-16-9-17-39-76)71-89(116(4,5)6)72-98(111)87-51-33-47-82(67-87)77-40-18-10-19-41-77/h7-73H,1-6H3. The summed E-state index contributed by atoms with van der Waals surface area (Å²) in [6, 6.07) is 155. The molecule has 0 atom stereocenters. The quantitative estimate of drug-likeness (QED) is 0.113. The number of para-hydroxylation sites is 4. The number of hydrogen-bond acceptors (Lipinski definition) is 2. The van der Waals surface area contributed by atoms with Crippen LogP contribution in [0.25, 0.3) is 166 Å². The lowest BCUT2D eigenvalue weighted by Crippen LogP contribution is -2.61. The normalized spacial score (nSPS) is 12.7. The van der Waals surface area contributed by atoms with E-state index in [4.69, 9.17) is 0 Å². The summed E-state index contributed by atoms with van der Waals surface area (Å²) in [7, 11) is 0. The van der Waals surface area contributed by atoms with Crippen molar-refractivity contribution in [3.05, 3.63) is 418 Å². The van der Waals surface area contributed by atoms with Crippen molar-refractivity contribution >= 4 is 117 Å². The first kappa shape index (κ1) is 71.5. The molecule has 21 aromatic rings. The molecule has 0 amide bonds. The molecule has 0 fully saturated rings. The summed E-state index contributed by atoms with van der Waals surface area (Å²) in [5.41, 5.74) is 39.7. The van der Waals surface area contributed by atoms with Gasteiger partial charge < -0.3 is 18.8 Å². The first-order valence-electron chi connectivity index (χ1n) is 42.5. The Bertz CT molecular complexity index is 7450. The summed E-state index contributed by atoms with van der Waals surface area (Å²) in [4.78, 5) is 5.65. The molecule has 0 unspecified atom stereocenters. The first-order valence-corrected chi connectivity index (χ1v) is 42.5. The minimum absolute atomic E-state index is 0.293. The maximum atomic E-state index is 2.84. The van der Waals surface area contributed by atoms with Crippen LogP contribution in [0.5, 0.6) is 0 Å². The number of rotatable bonds is 12. The SMILES string of the molecule is CC(C)(C)c1cc(-c2cccc(-c3ccccc3)c2)c(N2c3ccc(-c4ccccc4)cc3B3c4ccc(-n5c6ccccc6c6ccccc65)cc4N(c4c(-c5cccc(-c6ccccc6)c5)cc(C(C)(C)C)cc4-c4cccc(-c5ccccc5)c4)c4c3c2c2c3ccccc3n3c5ccccc5c4c23)c(-c2cccc(-c3ccccc3)c2)c1. The molecule has 5 heterocycles. The van der Waals surface area contributed by atoms with Crippen molar-refractivity contribution < 1.29 is 0 Å². The van der Waals surface area contributed by atoms with E-state index < -0.39 is 0 Å². The smallest absolute Gasteiger partial charge is 0.252 e. The van der Waals surface area contributed by atoms with Gasteiger partial charge in [0.05, 0.1) is 50.3 Å². The zero-order chi connectivity index (χ0) is 80.9. The summed E-state index contributed by atoms with van der Waals surface area (Å²) in [6.45, 7) is 13.9. The number of aromatic nitrogens is 2. The molecular formula is C116H85BN4. The summed E-state index contributed by atoms with van der Waals surface area (Å²) in [5, 5.41) is 7.20. The van der Waals surface area contributed by atoms with E-state index in [-0.39, 0.29) is 17.5 Å². The van der Waals surface area contributed by atoms with E-state index in [0.717, 1.165) is 151 Å². The lowest BCUT2D eigenvalue weighted by Gasteiger charge is -2.46. The molecule has 0 saturated carbocycles. The molecule has 2 aliphatic rings. The minimum atomic E-state index is -0.374. The van der Waals surface area contributed by atoms with Gasteiger partial charge >= 0.3 is 0 Å². The number of benzene rings is 18. The van der Waals surface area contributed by atoms with Gasteiger partial charge in [-0.15, -0.1) is 0 Å². The Balaban J connectivity index is 0.957. The van der Waals surface area contributed by atoms with Gasteiger partial charge in [-0.05, 0) is 207 Å². The zero-order valence-corrected chi connectivity index (χ0v) is 68.5. The monoisotopic (exact) mass is 1540 g/mol. The second kappa shape index (κ2) is 28.0. The highest BCUT2D eigenvalue weighted by atomic mass is 15.2. The summed E-state index contributed by atoms with van der Waals surface area (Å²) >= 11 is 0. The fourth-order valence-electron chi connectivity index (χ4n) is 20.1. The third-order valence-electron chi connectivity index (χ3n) is 25.9. The molecule has 0 saturated heterocycles. The molecule has 0 bridgehead atoms. The van der Waals surface area contributed by atoms with Crippen LogP contribution in [0.15, 0.2) is 406 Å². The van der Waals surface area contributed by atoms with Gasteiger partial charge in [0.15, 0.2) is 0 Å². The number of nitrogens with zero attached hydrogens (tertiary/aromatic N) is 4. The van der Waals surface area contributed by atoms with Gasteiger partial charge in [-0.2, -0.15) is 0 Å². The topological polar surface area (TPSA) is 15.8 Å². The highest BCUT2D eigenvalue weighted by molar-refractivity contribution is 7.01. The largest absolute Gasteiger partial charge is 0.309 e. The molecule has 5 heteroatoms. The molecule has 18 aromatic carbocycles. The van der Waals surface area contributed by atoms with Crippen LogP contribution in [-0.2, 0) is 10.8 Å². The van der Waals surface area contributed by atoms with E-state index in [1.165, 1.54) is 76.5 Å². The molecule has 572 valence electrons. The number of hydrogen-bond donors (Lipinski definition) is 0. The van der Waals surface area contributed by atoms with E-state index >= 15 is 0 Å². The van der Waals surface area contributed by atoms with Gasteiger partial charge in [0.2, 0.25) is 0 Å². The van der Waals surface area contributed by atoms with Crippen molar-refractivity contribution in [3.63, 3.8) is 0 Å². The fourth-order valence-corrected chi connectivity index (χ4v) is 20.1. The average molecular weight is 1550 g/mol. The molecular weight excluding hydrogens is 1460 g/mol. The van der Waals surface area contributed by atoms with Crippen molar-refractivity contribution in [2.75, 3.05) is 9.80 Å². The van der Waals surface area contributed by atoms with Crippen LogP contribution in [-0.4, -0.2) is 15.7 Å². The van der Waals surface area contributed by atoms with Crippen molar-refractivity contribution in [2.45, 2.75) is 52.4 Å². The van der Waals surface area contributed by atoms with E-state index in [1.807, 2.05) is 0 Å². The Labute approximate surface area is 706 Å². The van der Waals surface area contributed by atoms with E-state index in [0.29, 0.717) is 0 Å². The third kappa shape index (κ3) is 11.6. The highest BCUT2D eigenvalue weighted by Gasteiger charge is 2.49. The maximum Gasteiger partial charge on any atom is 0.252 e. The summed E-state index contributed by atoms with van der Waals surface area (Å²) in [5.74, 6) is 0. The van der Waals surface area contributed by atoms with E-state index in [2.05, 4.69) is 467 Å². The van der Waals surface area contributed by atoms with Gasteiger partial charge in [0.25, 0.3) is 6.71 Å². The van der Waals surface area contributed by atoms with Gasteiger partial charge in [0.1, 0.15) is 0 Å². The van der Waals surface area contributed by atoms with Gasteiger partial charge in [-0.1, -0.05) is 357 Å². The zero-order valence-electron chi connectivity index (χ0n) is 68.5. The first-order chi connectivity index (χ1) is 59.3. The molecule has 0 radical (unpaired) electrons. The van der Waals surface area contributed by atoms with Gasteiger partial charge in [-0.3, -0.25) is 0 Å². The van der Waals surface area contributed by atoms with Crippen molar-refractivity contribution in [3.8, 4) is 106 Å². The summed E-state index contributed by atoms with van der Waals surface area (Å²) < 4.78 is 5.18. The van der Waals surface area contributed by atoms with Crippen LogP contribution >= 0.6 is 0 Å². The molecule has 0 aliphatic carbocycles. The van der Waals surface area contributed by atoms with E-state index in [1.54, 1.807) is 0 Å². The van der Waals surface area contributed by atoms with Gasteiger partial charge in [-0.25, -0.2) is 0 Å². The molecule has 0 spiro atoms. The lowest BCUT2D eigenvalue weighted by molar-refractivity contribution is 0.590. The molecule has 2 aliphatic heterocycles. The Morgan fingerprint density at radius 1 is 0.223 bits per heavy atom. The Hall–Kier alpha value is -14.8. The van der Waals surface area contributed by atoms with Crippen LogP contribution in [0.3, 0.4) is 0 Å². The van der Waals surface area contributed by atoms with Crippen molar-refractivity contribution in [1.29, 1.82) is 0 Å². The highest BCUT2D eigenvalue weighted by Crippen LogP contribution is 2.60. The van der Waals surface area contributed by atoms with Crippen LogP contribution in [0, 0.1) is 0 Å². The van der Waals surface area contributed by atoms with Crippen molar-refractivity contribution in [1.82, 2.24) is 8.97 Å². The number of anilines is 6. The van der Waals surface area contributed by atoms with E-state index in [9.17, 15) is 0 Å². The lowest BCUT2D eigenvalue weighted by atomic mass is 9.33. The second-order valence-corrected chi connectivity index (χ2v) is 35.1. The van der Waals surface area contributed by atoms with Crippen molar-refractivity contribution in [2.24, 2.45) is 0 Å². The van der Waals surface area contributed by atoms with Crippen LogP contribution in [0.1, 0.15) is 52.7 Å². The number of fused-ring (bicyclic) bond motifs is 15. The molecule has 121 heavy (non-hydrogen) atoms.